The van der Waals surface area contributed by atoms with Gasteiger partial charge in [0.2, 0.25) is 0 Å². The molecule has 0 saturated carbocycles. The zero-order valence-corrected chi connectivity index (χ0v) is 8.53. The van der Waals surface area contributed by atoms with Gasteiger partial charge in [-0.05, 0) is 18.2 Å². The normalized spacial score (nSPS) is 7.82. The van der Waals surface area contributed by atoms with Crippen molar-refractivity contribution in [3.63, 3.8) is 0 Å². The number of hydrogen-bond acceptors (Lipinski definition) is 1. The molecule has 1 aromatic carbocycles. The molecular weight excluding hydrogens is 228 g/mol. The molecule has 0 heterocycles. The Morgan fingerprint density at radius 2 is 1.64 bits per heavy atom. The van der Waals surface area contributed by atoms with Crippen molar-refractivity contribution in [3.8, 4) is 0 Å². The summed E-state index contributed by atoms with van der Waals surface area (Å²) in [6.07, 6.45) is 0. The lowest BCUT2D eigenvalue weighted by Crippen LogP contribution is -1.83. The van der Waals surface area contributed by atoms with E-state index in [1.54, 1.807) is 18.2 Å². The summed E-state index contributed by atoms with van der Waals surface area (Å²) >= 11 is 11.2. The van der Waals surface area contributed by atoms with Gasteiger partial charge >= 0.3 is 0 Å². The molecule has 1 rings (SSSR count). The minimum atomic E-state index is 0. The van der Waals surface area contributed by atoms with E-state index >= 15 is 0 Å². The van der Waals surface area contributed by atoms with Crippen molar-refractivity contribution in [2.75, 3.05) is 5.73 Å². The first kappa shape index (κ1) is 13.7. The van der Waals surface area contributed by atoms with Crippen LogP contribution in [-0.4, -0.2) is 0 Å². The number of nitrogen functional groups attached to an aromatic ring is 1. The SMILES string of the molecule is Cl.Cl.Nc1ccc(Cl)cc1Cl. The van der Waals surface area contributed by atoms with Crippen LogP contribution in [0.2, 0.25) is 10.0 Å². The Hall–Kier alpha value is 0.180. The summed E-state index contributed by atoms with van der Waals surface area (Å²) < 4.78 is 0. The Balaban J connectivity index is 0. The zero-order chi connectivity index (χ0) is 6.85. The lowest BCUT2D eigenvalue weighted by Gasteiger charge is -1.94. The summed E-state index contributed by atoms with van der Waals surface area (Å²) in [5, 5.41) is 1.11. The number of halogens is 4. The first-order chi connectivity index (χ1) is 4.20. The topological polar surface area (TPSA) is 26.0 Å². The van der Waals surface area contributed by atoms with E-state index in [1.807, 2.05) is 0 Å². The van der Waals surface area contributed by atoms with Gasteiger partial charge in [-0.3, -0.25) is 0 Å². The van der Waals surface area contributed by atoms with Gasteiger partial charge in [0.05, 0.1) is 10.7 Å². The standard InChI is InChI=1S/C6H5Cl2N.2ClH/c7-4-1-2-6(9)5(8)3-4;;/h1-3H,9H2;2*1H. The van der Waals surface area contributed by atoms with Crippen molar-refractivity contribution in [1.82, 2.24) is 0 Å². The number of rotatable bonds is 0. The highest BCUT2D eigenvalue weighted by Crippen LogP contribution is 2.21. The summed E-state index contributed by atoms with van der Waals surface area (Å²) in [5.74, 6) is 0. The fourth-order valence-electron chi connectivity index (χ4n) is 0.502. The van der Waals surface area contributed by atoms with Crippen molar-refractivity contribution >= 4 is 53.7 Å². The third-order valence-electron chi connectivity index (χ3n) is 0.962. The molecule has 0 amide bonds. The molecule has 0 fully saturated rings. The largest absolute Gasteiger partial charge is 0.398 e. The smallest absolute Gasteiger partial charge is 0.0650 e. The Bertz CT molecular complexity index is 226. The van der Waals surface area contributed by atoms with Gasteiger partial charge < -0.3 is 5.73 Å². The highest BCUT2D eigenvalue weighted by atomic mass is 35.5. The van der Waals surface area contributed by atoms with Crippen molar-refractivity contribution in [3.05, 3.63) is 28.2 Å². The Morgan fingerprint density at radius 1 is 1.09 bits per heavy atom. The van der Waals surface area contributed by atoms with Gasteiger partial charge in [0, 0.05) is 5.02 Å². The molecule has 0 aromatic heterocycles. The summed E-state index contributed by atoms with van der Waals surface area (Å²) in [5.41, 5.74) is 5.95. The molecule has 1 nitrogen and oxygen atoms in total. The van der Waals surface area contributed by atoms with Gasteiger partial charge in [-0.1, -0.05) is 23.2 Å². The van der Waals surface area contributed by atoms with Crippen LogP contribution in [0.4, 0.5) is 5.69 Å². The number of anilines is 1. The van der Waals surface area contributed by atoms with Crippen molar-refractivity contribution < 1.29 is 0 Å². The molecule has 2 N–H and O–H groups in total. The van der Waals surface area contributed by atoms with E-state index in [1.165, 1.54) is 0 Å². The number of nitrogens with two attached hydrogens (primary N) is 1. The van der Waals surface area contributed by atoms with Crippen LogP contribution in [0, 0.1) is 0 Å². The van der Waals surface area contributed by atoms with Crippen LogP contribution in [0.5, 0.6) is 0 Å². The van der Waals surface area contributed by atoms with Crippen LogP contribution in [0.3, 0.4) is 0 Å². The van der Waals surface area contributed by atoms with E-state index in [0.29, 0.717) is 15.7 Å². The third-order valence-corrected chi connectivity index (χ3v) is 1.52. The highest BCUT2D eigenvalue weighted by molar-refractivity contribution is 6.36. The molecule has 0 saturated heterocycles. The molecule has 0 spiro atoms. The summed E-state index contributed by atoms with van der Waals surface area (Å²) in [4.78, 5) is 0. The monoisotopic (exact) mass is 233 g/mol. The van der Waals surface area contributed by atoms with Gasteiger partial charge in [-0.15, -0.1) is 24.8 Å². The van der Waals surface area contributed by atoms with Gasteiger partial charge in [0.25, 0.3) is 0 Å². The second-order valence-electron chi connectivity index (χ2n) is 1.67. The number of benzene rings is 1. The van der Waals surface area contributed by atoms with E-state index in [9.17, 15) is 0 Å². The highest BCUT2D eigenvalue weighted by Gasteiger charge is 1.93. The Labute approximate surface area is 87.7 Å². The van der Waals surface area contributed by atoms with Crippen LogP contribution >= 0.6 is 48.0 Å². The number of hydrogen-bond donors (Lipinski definition) is 1. The molecule has 11 heavy (non-hydrogen) atoms. The van der Waals surface area contributed by atoms with Gasteiger partial charge in [-0.25, -0.2) is 0 Å². The van der Waals surface area contributed by atoms with E-state index in [0.717, 1.165) is 0 Å². The summed E-state index contributed by atoms with van der Waals surface area (Å²) in [6.45, 7) is 0. The zero-order valence-electron chi connectivity index (χ0n) is 5.38. The van der Waals surface area contributed by atoms with Crippen molar-refractivity contribution in [2.24, 2.45) is 0 Å². The molecule has 0 aliphatic heterocycles. The van der Waals surface area contributed by atoms with Crippen LogP contribution in [0.15, 0.2) is 18.2 Å². The Kier molecular flexibility index (Phi) is 7.23. The van der Waals surface area contributed by atoms with E-state index in [4.69, 9.17) is 28.9 Å². The minimum Gasteiger partial charge on any atom is -0.398 e. The van der Waals surface area contributed by atoms with Crippen LogP contribution < -0.4 is 5.73 Å². The van der Waals surface area contributed by atoms with Crippen LogP contribution in [0.1, 0.15) is 0 Å². The molecule has 0 bridgehead atoms. The molecule has 1 aromatic rings. The Morgan fingerprint density at radius 3 is 2.00 bits per heavy atom. The third kappa shape index (κ3) is 3.92. The van der Waals surface area contributed by atoms with Gasteiger partial charge in [-0.2, -0.15) is 0 Å². The molecule has 0 unspecified atom stereocenters. The lowest BCUT2D eigenvalue weighted by atomic mass is 10.3. The molecule has 5 heteroatoms. The maximum absolute atomic E-state index is 5.60. The molecule has 0 atom stereocenters. The first-order valence-corrected chi connectivity index (χ1v) is 3.16. The average Bonchev–Trinajstić information content (AvgIpc) is 1.80. The fourth-order valence-corrected chi connectivity index (χ4v) is 0.910. The quantitative estimate of drug-likeness (QED) is 0.685. The van der Waals surface area contributed by atoms with E-state index < -0.39 is 0 Å². The second-order valence-corrected chi connectivity index (χ2v) is 2.51. The maximum atomic E-state index is 5.60. The molecule has 64 valence electrons. The van der Waals surface area contributed by atoms with Crippen LogP contribution in [0.25, 0.3) is 0 Å². The molecule has 0 radical (unpaired) electrons. The predicted molar refractivity (Wildman–Crippen MR) is 55.4 cm³/mol. The van der Waals surface area contributed by atoms with E-state index in [-0.39, 0.29) is 24.8 Å². The molecular formula is C6H7Cl4N. The predicted octanol–water partition coefficient (Wildman–Crippen LogP) is 3.42. The van der Waals surface area contributed by atoms with Gasteiger partial charge in [0.1, 0.15) is 0 Å². The molecule has 0 aliphatic rings. The fraction of sp³-hybridized carbons (Fsp3) is 0. The summed E-state index contributed by atoms with van der Waals surface area (Å²) in [7, 11) is 0. The van der Waals surface area contributed by atoms with E-state index in [2.05, 4.69) is 0 Å². The average molecular weight is 235 g/mol. The first-order valence-electron chi connectivity index (χ1n) is 2.40. The van der Waals surface area contributed by atoms with Crippen molar-refractivity contribution in [1.29, 1.82) is 0 Å². The van der Waals surface area contributed by atoms with Crippen LogP contribution in [-0.2, 0) is 0 Å². The lowest BCUT2D eigenvalue weighted by molar-refractivity contribution is 1.68. The second kappa shape index (κ2) is 5.78. The summed E-state index contributed by atoms with van der Waals surface area (Å²) in [6, 6.07) is 4.98. The minimum absolute atomic E-state index is 0. The van der Waals surface area contributed by atoms with Crippen molar-refractivity contribution in [2.45, 2.75) is 0 Å². The molecule has 0 aliphatic carbocycles. The van der Waals surface area contributed by atoms with Gasteiger partial charge in [0.15, 0.2) is 0 Å². The maximum Gasteiger partial charge on any atom is 0.0650 e.